The van der Waals surface area contributed by atoms with Crippen molar-refractivity contribution < 1.29 is 9.53 Å². The lowest BCUT2D eigenvalue weighted by atomic mass is 10.0. The molecule has 2 heterocycles. The molecule has 0 saturated carbocycles. The smallest absolute Gasteiger partial charge is 0.255 e. The number of aryl methyl sites for hydroxylation is 2. The molecule has 0 bridgehead atoms. The van der Waals surface area contributed by atoms with Gasteiger partial charge in [0.15, 0.2) is 0 Å². The zero-order valence-electron chi connectivity index (χ0n) is 17.9. The number of amides is 1. The molecule has 32 heavy (non-hydrogen) atoms. The van der Waals surface area contributed by atoms with Crippen LogP contribution in [0.15, 0.2) is 72.9 Å². The summed E-state index contributed by atoms with van der Waals surface area (Å²) in [5.41, 5.74) is 11.3. The highest BCUT2D eigenvalue weighted by Crippen LogP contribution is 2.28. The first-order chi connectivity index (χ1) is 15.5. The van der Waals surface area contributed by atoms with Crippen molar-refractivity contribution in [1.82, 2.24) is 15.2 Å². The van der Waals surface area contributed by atoms with Gasteiger partial charge in [-0.1, -0.05) is 12.1 Å². The molecule has 0 aliphatic rings. The van der Waals surface area contributed by atoms with Gasteiger partial charge in [-0.25, -0.2) is 0 Å². The number of hydrogen-bond acceptors (Lipinski definition) is 6. The summed E-state index contributed by atoms with van der Waals surface area (Å²) < 4.78 is 5.73. The molecule has 4 rings (SSSR count). The first-order valence-corrected chi connectivity index (χ1v) is 10.1. The van der Waals surface area contributed by atoms with E-state index in [9.17, 15) is 4.79 Å². The number of nitrogens with two attached hydrogens (primary N) is 1. The monoisotopic (exact) mass is 425 g/mol. The Bertz CT molecular complexity index is 1220. The first kappa shape index (κ1) is 21.0. The summed E-state index contributed by atoms with van der Waals surface area (Å²) >= 11 is 0. The van der Waals surface area contributed by atoms with Crippen molar-refractivity contribution in [2.24, 2.45) is 0 Å². The third-order valence-electron chi connectivity index (χ3n) is 5.01. The van der Waals surface area contributed by atoms with Crippen LogP contribution in [0.5, 0.6) is 5.75 Å². The van der Waals surface area contributed by atoms with Crippen LogP contribution >= 0.6 is 0 Å². The molecule has 7 nitrogen and oxygen atoms in total. The highest BCUT2D eigenvalue weighted by molar-refractivity contribution is 6.05. The topological polar surface area (TPSA) is 103 Å². The Kier molecular flexibility index (Phi) is 6.07. The molecule has 3 N–H and O–H groups in total. The van der Waals surface area contributed by atoms with Gasteiger partial charge in [0.25, 0.3) is 5.91 Å². The van der Waals surface area contributed by atoms with Crippen molar-refractivity contribution in [2.45, 2.75) is 20.5 Å². The molecular formula is C25H23N5O2. The van der Waals surface area contributed by atoms with Gasteiger partial charge >= 0.3 is 0 Å². The normalized spacial score (nSPS) is 10.6. The van der Waals surface area contributed by atoms with Crippen LogP contribution in [0.1, 0.15) is 27.2 Å². The second-order valence-electron chi connectivity index (χ2n) is 7.41. The predicted octanol–water partition coefficient (Wildman–Crippen LogP) is 4.57. The van der Waals surface area contributed by atoms with Gasteiger partial charge in [-0.2, -0.15) is 0 Å². The molecule has 0 aliphatic carbocycles. The van der Waals surface area contributed by atoms with Gasteiger partial charge < -0.3 is 15.8 Å². The zero-order chi connectivity index (χ0) is 22.5. The number of nitrogens with zero attached hydrogens (tertiary/aromatic N) is 3. The average molecular weight is 425 g/mol. The van der Waals surface area contributed by atoms with Gasteiger partial charge in [-0.15, -0.1) is 10.2 Å². The summed E-state index contributed by atoms with van der Waals surface area (Å²) in [5.74, 6) is 0.824. The average Bonchev–Trinajstić information content (AvgIpc) is 2.81. The Morgan fingerprint density at radius 2 is 1.78 bits per heavy atom. The van der Waals surface area contributed by atoms with E-state index in [2.05, 4.69) is 20.5 Å². The van der Waals surface area contributed by atoms with Gasteiger partial charge in [0.1, 0.15) is 18.2 Å². The van der Waals surface area contributed by atoms with Crippen LogP contribution in [0.3, 0.4) is 0 Å². The standard InChI is InChI=1S/C25H23N5O2/c1-16-13-17(2)23(14-21(16)22-10-11-24(26)30-29-22)28-25(31)18-6-8-20(9-7-18)32-15-19-5-3-4-12-27-19/h3-14H,15H2,1-2H3,(H2,26,30)(H,28,31). The number of rotatable bonds is 6. The number of aromatic nitrogens is 3. The number of carbonyl (C=O) groups excluding carboxylic acids is 1. The summed E-state index contributed by atoms with van der Waals surface area (Å²) in [6.07, 6.45) is 1.73. The molecule has 160 valence electrons. The van der Waals surface area contributed by atoms with Crippen molar-refractivity contribution in [1.29, 1.82) is 0 Å². The molecule has 0 saturated heterocycles. The van der Waals surface area contributed by atoms with Crippen molar-refractivity contribution in [3.63, 3.8) is 0 Å². The first-order valence-electron chi connectivity index (χ1n) is 10.1. The lowest BCUT2D eigenvalue weighted by molar-refractivity contribution is 0.102. The Morgan fingerprint density at radius 3 is 2.47 bits per heavy atom. The summed E-state index contributed by atoms with van der Waals surface area (Å²) in [4.78, 5) is 17.1. The number of ether oxygens (including phenoxy) is 1. The second-order valence-corrected chi connectivity index (χ2v) is 7.41. The number of carbonyl (C=O) groups is 1. The molecule has 7 heteroatoms. The summed E-state index contributed by atoms with van der Waals surface area (Å²) in [6, 6.07) is 20.1. The number of benzene rings is 2. The fourth-order valence-corrected chi connectivity index (χ4v) is 3.29. The molecule has 0 atom stereocenters. The molecule has 0 aliphatic heterocycles. The van der Waals surface area contributed by atoms with Crippen LogP contribution in [0.25, 0.3) is 11.3 Å². The summed E-state index contributed by atoms with van der Waals surface area (Å²) in [7, 11) is 0. The van der Waals surface area contributed by atoms with Gasteiger partial charge in [-0.05, 0) is 79.6 Å². The molecule has 0 spiro atoms. The predicted molar refractivity (Wildman–Crippen MR) is 124 cm³/mol. The fraction of sp³-hybridized carbons (Fsp3) is 0.120. The van der Waals surface area contributed by atoms with E-state index in [-0.39, 0.29) is 5.91 Å². The molecule has 0 radical (unpaired) electrons. The van der Waals surface area contributed by atoms with E-state index in [1.54, 1.807) is 36.5 Å². The largest absolute Gasteiger partial charge is 0.487 e. The van der Waals surface area contributed by atoms with Gasteiger partial charge in [0, 0.05) is 23.0 Å². The lowest BCUT2D eigenvalue weighted by Gasteiger charge is -2.13. The maximum absolute atomic E-state index is 12.8. The van der Waals surface area contributed by atoms with E-state index in [1.807, 2.05) is 50.2 Å². The second kappa shape index (κ2) is 9.26. The van der Waals surface area contributed by atoms with Gasteiger partial charge in [0.05, 0.1) is 11.4 Å². The third-order valence-corrected chi connectivity index (χ3v) is 5.01. The Hall–Kier alpha value is -4.26. The lowest BCUT2D eigenvalue weighted by Crippen LogP contribution is -2.13. The number of anilines is 2. The molecule has 0 unspecified atom stereocenters. The molecule has 1 amide bonds. The molecule has 0 fully saturated rings. The number of hydrogen-bond donors (Lipinski definition) is 2. The third kappa shape index (κ3) is 4.89. The Labute approximate surface area is 186 Å². The highest BCUT2D eigenvalue weighted by atomic mass is 16.5. The Balaban J connectivity index is 1.47. The van der Waals surface area contributed by atoms with Gasteiger partial charge in [0.2, 0.25) is 0 Å². The van der Waals surface area contributed by atoms with Crippen molar-refractivity contribution in [3.05, 3.63) is 95.3 Å². The Morgan fingerprint density at radius 1 is 0.969 bits per heavy atom. The van der Waals surface area contributed by atoms with Crippen LogP contribution in [0.4, 0.5) is 11.5 Å². The maximum Gasteiger partial charge on any atom is 0.255 e. The quantitative estimate of drug-likeness (QED) is 0.469. The fourth-order valence-electron chi connectivity index (χ4n) is 3.29. The van der Waals surface area contributed by atoms with E-state index in [0.717, 1.165) is 22.4 Å². The molecular weight excluding hydrogens is 402 g/mol. The van der Waals surface area contributed by atoms with Crippen molar-refractivity contribution >= 4 is 17.4 Å². The minimum atomic E-state index is -0.206. The van der Waals surface area contributed by atoms with Crippen LogP contribution in [-0.4, -0.2) is 21.1 Å². The van der Waals surface area contributed by atoms with E-state index >= 15 is 0 Å². The SMILES string of the molecule is Cc1cc(C)c(-c2ccc(N)nn2)cc1NC(=O)c1ccc(OCc2ccccn2)cc1. The highest BCUT2D eigenvalue weighted by Gasteiger charge is 2.12. The maximum atomic E-state index is 12.8. The van der Waals surface area contributed by atoms with Crippen molar-refractivity contribution in [2.75, 3.05) is 11.1 Å². The van der Waals surface area contributed by atoms with Crippen LogP contribution < -0.4 is 15.8 Å². The number of nitrogen functional groups attached to an aromatic ring is 1. The molecule has 4 aromatic rings. The number of nitrogens with one attached hydrogen (secondary N) is 1. The van der Waals surface area contributed by atoms with Crippen LogP contribution in [-0.2, 0) is 6.61 Å². The number of pyridine rings is 1. The van der Waals surface area contributed by atoms with E-state index in [1.165, 1.54) is 0 Å². The molecule has 2 aromatic heterocycles. The zero-order valence-corrected chi connectivity index (χ0v) is 17.9. The molecule has 2 aromatic carbocycles. The van der Waals surface area contributed by atoms with Crippen molar-refractivity contribution in [3.8, 4) is 17.0 Å². The van der Waals surface area contributed by atoms with E-state index in [0.29, 0.717) is 35.1 Å². The van der Waals surface area contributed by atoms with Crippen LogP contribution in [0.2, 0.25) is 0 Å². The minimum absolute atomic E-state index is 0.206. The summed E-state index contributed by atoms with van der Waals surface area (Å²) in [6.45, 7) is 4.32. The van der Waals surface area contributed by atoms with E-state index < -0.39 is 0 Å². The summed E-state index contributed by atoms with van der Waals surface area (Å²) in [5, 5.41) is 11.1. The minimum Gasteiger partial charge on any atom is -0.487 e. The van der Waals surface area contributed by atoms with Crippen LogP contribution in [0, 0.1) is 13.8 Å². The van der Waals surface area contributed by atoms with E-state index in [4.69, 9.17) is 10.5 Å². The van der Waals surface area contributed by atoms with Gasteiger partial charge in [-0.3, -0.25) is 9.78 Å².